The predicted octanol–water partition coefficient (Wildman–Crippen LogP) is 3.26. The van der Waals surface area contributed by atoms with Crippen molar-refractivity contribution in [2.75, 3.05) is 6.61 Å². The lowest BCUT2D eigenvalue weighted by Gasteiger charge is -2.07. The van der Waals surface area contributed by atoms with Crippen LogP contribution in [-0.4, -0.2) is 17.7 Å². The standard InChI is InChI=1S/C15H16O3/c1-2-7-18-14-6-5-12-4-3-11(9-15(16)17)8-13(12)10-14/h3-6,8,10H,2,7,9H2,1H3,(H,16,17). The fraction of sp³-hybridized carbons (Fsp3) is 0.267. The molecule has 0 radical (unpaired) electrons. The van der Waals surface area contributed by atoms with Gasteiger partial charge in [0.15, 0.2) is 0 Å². The highest BCUT2D eigenvalue weighted by atomic mass is 16.5. The summed E-state index contributed by atoms with van der Waals surface area (Å²) in [6, 6.07) is 11.6. The Balaban J connectivity index is 2.30. The van der Waals surface area contributed by atoms with Gasteiger partial charge in [0.25, 0.3) is 0 Å². The predicted molar refractivity (Wildman–Crippen MR) is 71.1 cm³/mol. The number of benzene rings is 2. The Morgan fingerprint density at radius 3 is 2.67 bits per heavy atom. The normalized spacial score (nSPS) is 10.5. The molecule has 0 aliphatic carbocycles. The van der Waals surface area contributed by atoms with Crippen molar-refractivity contribution in [3.8, 4) is 5.75 Å². The Morgan fingerprint density at radius 1 is 1.17 bits per heavy atom. The first kappa shape index (κ1) is 12.4. The van der Waals surface area contributed by atoms with Crippen molar-refractivity contribution >= 4 is 16.7 Å². The van der Waals surface area contributed by atoms with Crippen LogP contribution in [0.1, 0.15) is 18.9 Å². The molecular formula is C15H16O3. The van der Waals surface area contributed by atoms with Gasteiger partial charge in [0.2, 0.25) is 0 Å². The molecule has 0 amide bonds. The molecule has 0 heterocycles. The van der Waals surface area contributed by atoms with Crippen LogP contribution in [0.25, 0.3) is 10.8 Å². The second-order valence-corrected chi connectivity index (χ2v) is 4.26. The average Bonchev–Trinajstić information content (AvgIpc) is 2.35. The number of ether oxygens (including phenoxy) is 1. The van der Waals surface area contributed by atoms with E-state index in [1.165, 1.54) is 0 Å². The van der Waals surface area contributed by atoms with Gasteiger partial charge in [0.05, 0.1) is 13.0 Å². The number of rotatable bonds is 5. The Kier molecular flexibility index (Phi) is 3.82. The molecule has 0 aliphatic rings. The number of hydrogen-bond acceptors (Lipinski definition) is 2. The van der Waals surface area contributed by atoms with Gasteiger partial charge < -0.3 is 9.84 Å². The molecule has 1 N–H and O–H groups in total. The van der Waals surface area contributed by atoms with Gasteiger partial charge in [0, 0.05) is 0 Å². The van der Waals surface area contributed by atoms with E-state index in [0.29, 0.717) is 6.61 Å². The lowest BCUT2D eigenvalue weighted by atomic mass is 10.0. The van der Waals surface area contributed by atoms with Crippen molar-refractivity contribution in [3.05, 3.63) is 42.0 Å². The second-order valence-electron chi connectivity index (χ2n) is 4.26. The second kappa shape index (κ2) is 5.54. The highest BCUT2D eigenvalue weighted by Gasteiger charge is 2.03. The summed E-state index contributed by atoms with van der Waals surface area (Å²) in [5.41, 5.74) is 0.808. The molecule has 0 unspecified atom stereocenters. The first-order valence-electron chi connectivity index (χ1n) is 6.06. The average molecular weight is 244 g/mol. The number of fused-ring (bicyclic) bond motifs is 1. The summed E-state index contributed by atoms with van der Waals surface area (Å²) in [4.78, 5) is 10.7. The number of carboxylic acids is 1. The quantitative estimate of drug-likeness (QED) is 0.878. The molecule has 0 aromatic heterocycles. The largest absolute Gasteiger partial charge is 0.494 e. The summed E-state index contributed by atoms with van der Waals surface area (Å²) in [6.07, 6.45) is 1.02. The minimum atomic E-state index is -0.812. The van der Waals surface area contributed by atoms with Crippen LogP contribution in [0.2, 0.25) is 0 Å². The molecule has 0 fully saturated rings. The lowest BCUT2D eigenvalue weighted by molar-refractivity contribution is -0.136. The van der Waals surface area contributed by atoms with Gasteiger partial charge in [-0.25, -0.2) is 0 Å². The first-order chi connectivity index (χ1) is 8.69. The summed E-state index contributed by atoms with van der Waals surface area (Å²) in [5, 5.41) is 10.9. The van der Waals surface area contributed by atoms with E-state index in [4.69, 9.17) is 9.84 Å². The van der Waals surface area contributed by atoms with E-state index in [1.807, 2.05) is 36.4 Å². The zero-order chi connectivity index (χ0) is 13.0. The van der Waals surface area contributed by atoms with Crippen LogP contribution >= 0.6 is 0 Å². The van der Waals surface area contributed by atoms with Gasteiger partial charge in [-0.3, -0.25) is 4.79 Å². The van der Waals surface area contributed by atoms with E-state index in [-0.39, 0.29) is 6.42 Å². The molecular weight excluding hydrogens is 228 g/mol. The molecule has 2 rings (SSSR count). The van der Waals surface area contributed by atoms with Gasteiger partial charge in [-0.15, -0.1) is 0 Å². The van der Waals surface area contributed by atoms with E-state index in [1.54, 1.807) is 0 Å². The summed E-state index contributed by atoms with van der Waals surface area (Å²) >= 11 is 0. The zero-order valence-electron chi connectivity index (χ0n) is 10.3. The Bertz CT molecular complexity index is 561. The van der Waals surface area contributed by atoms with Gasteiger partial charge in [-0.1, -0.05) is 31.2 Å². The molecule has 94 valence electrons. The van der Waals surface area contributed by atoms with Gasteiger partial charge >= 0.3 is 5.97 Å². The molecule has 0 spiro atoms. The molecule has 18 heavy (non-hydrogen) atoms. The SMILES string of the molecule is CCCOc1ccc2ccc(CC(=O)O)cc2c1. The number of hydrogen-bond donors (Lipinski definition) is 1. The molecule has 0 bridgehead atoms. The highest BCUT2D eigenvalue weighted by Crippen LogP contribution is 2.22. The van der Waals surface area contributed by atoms with Crippen LogP contribution in [0.3, 0.4) is 0 Å². The summed E-state index contributed by atoms with van der Waals surface area (Å²) in [7, 11) is 0. The summed E-state index contributed by atoms with van der Waals surface area (Å²) in [6.45, 7) is 2.76. The van der Waals surface area contributed by atoms with Crippen LogP contribution in [0.4, 0.5) is 0 Å². The maximum atomic E-state index is 10.7. The van der Waals surface area contributed by atoms with E-state index < -0.39 is 5.97 Å². The van der Waals surface area contributed by atoms with Crippen molar-refractivity contribution in [1.82, 2.24) is 0 Å². The van der Waals surface area contributed by atoms with Crippen LogP contribution < -0.4 is 4.74 Å². The molecule has 0 saturated heterocycles. The molecule has 0 saturated carbocycles. The summed E-state index contributed by atoms with van der Waals surface area (Å²) < 4.78 is 5.57. The Morgan fingerprint density at radius 2 is 1.94 bits per heavy atom. The third kappa shape index (κ3) is 3.00. The van der Waals surface area contributed by atoms with Crippen LogP contribution in [0, 0.1) is 0 Å². The molecule has 0 atom stereocenters. The molecule has 2 aromatic rings. The minimum Gasteiger partial charge on any atom is -0.494 e. The minimum absolute atomic E-state index is 0.0516. The summed E-state index contributed by atoms with van der Waals surface area (Å²) in [5.74, 6) is 0.0181. The van der Waals surface area contributed by atoms with Crippen molar-refractivity contribution in [1.29, 1.82) is 0 Å². The molecule has 2 aromatic carbocycles. The Hall–Kier alpha value is -2.03. The van der Waals surface area contributed by atoms with Gasteiger partial charge in [0.1, 0.15) is 5.75 Å². The number of carboxylic acid groups (broad SMARTS) is 1. The molecule has 0 aliphatic heterocycles. The van der Waals surface area contributed by atoms with Gasteiger partial charge in [-0.05, 0) is 34.9 Å². The van der Waals surface area contributed by atoms with Crippen molar-refractivity contribution < 1.29 is 14.6 Å². The third-order valence-electron chi connectivity index (χ3n) is 2.70. The van der Waals surface area contributed by atoms with Crippen molar-refractivity contribution in [2.24, 2.45) is 0 Å². The first-order valence-corrected chi connectivity index (χ1v) is 6.06. The van der Waals surface area contributed by atoms with Crippen molar-refractivity contribution in [2.45, 2.75) is 19.8 Å². The van der Waals surface area contributed by atoms with Crippen molar-refractivity contribution in [3.63, 3.8) is 0 Å². The van der Waals surface area contributed by atoms with E-state index in [9.17, 15) is 4.79 Å². The van der Waals surface area contributed by atoms with E-state index >= 15 is 0 Å². The highest BCUT2D eigenvalue weighted by molar-refractivity contribution is 5.85. The van der Waals surface area contributed by atoms with Crippen LogP contribution in [0.15, 0.2) is 36.4 Å². The van der Waals surface area contributed by atoms with Crippen LogP contribution in [-0.2, 0) is 11.2 Å². The monoisotopic (exact) mass is 244 g/mol. The third-order valence-corrected chi connectivity index (χ3v) is 2.70. The van der Waals surface area contributed by atoms with Gasteiger partial charge in [-0.2, -0.15) is 0 Å². The fourth-order valence-corrected chi connectivity index (χ4v) is 1.87. The molecule has 3 heteroatoms. The maximum Gasteiger partial charge on any atom is 0.307 e. The smallest absolute Gasteiger partial charge is 0.307 e. The fourth-order valence-electron chi connectivity index (χ4n) is 1.87. The van der Waals surface area contributed by atoms with E-state index in [0.717, 1.165) is 28.5 Å². The number of aliphatic carboxylic acids is 1. The number of carbonyl (C=O) groups is 1. The zero-order valence-corrected chi connectivity index (χ0v) is 10.3. The molecule has 3 nitrogen and oxygen atoms in total. The topological polar surface area (TPSA) is 46.5 Å². The van der Waals surface area contributed by atoms with Crippen LogP contribution in [0.5, 0.6) is 5.75 Å². The maximum absolute atomic E-state index is 10.7. The Labute approximate surface area is 106 Å². The van der Waals surface area contributed by atoms with E-state index in [2.05, 4.69) is 6.92 Å². The lowest BCUT2D eigenvalue weighted by Crippen LogP contribution is -1.99.